The quantitative estimate of drug-likeness (QED) is 0.927. The van der Waals surface area contributed by atoms with Crippen LogP contribution in [0.5, 0.6) is 5.75 Å². The average Bonchev–Trinajstić information content (AvgIpc) is 2.44. The lowest BCUT2D eigenvalue weighted by Gasteiger charge is -2.27. The predicted octanol–water partition coefficient (Wildman–Crippen LogP) is 2.21. The Morgan fingerprint density at radius 2 is 2.25 bits per heavy atom. The average molecular weight is 301 g/mol. The Labute approximate surface area is 123 Å². The fourth-order valence-corrected chi connectivity index (χ4v) is 2.09. The van der Waals surface area contributed by atoms with Gasteiger partial charge >= 0.3 is 0 Å². The molecule has 110 valence electrons. The van der Waals surface area contributed by atoms with E-state index in [9.17, 15) is 9.18 Å². The largest absolute Gasteiger partial charge is 0.489 e. The summed E-state index contributed by atoms with van der Waals surface area (Å²) < 4.78 is 18.0. The van der Waals surface area contributed by atoms with E-state index in [1.165, 1.54) is 0 Å². The summed E-state index contributed by atoms with van der Waals surface area (Å²) >= 11 is 0. The Hall–Kier alpha value is -1.59. The van der Waals surface area contributed by atoms with Crippen molar-refractivity contribution in [3.05, 3.63) is 35.7 Å². The summed E-state index contributed by atoms with van der Waals surface area (Å²) in [7, 11) is 1.75. The molecule has 1 aromatic carbocycles. The lowest BCUT2D eigenvalue weighted by atomic mass is 10.0. The van der Waals surface area contributed by atoms with Crippen molar-refractivity contribution in [2.24, 2.45) is 5.73 Å². The van der Waals surface area contributed by atoms with Crippen molar-refractivity contribution in [2.45, 2.75) is 12.8 Å². The van der Waals surface area contributed by atoms with E-state index in [0.29, 0.717) is 30.5 Å². The third kappa shape index (κ3) is 3.29. The van der Waals surface area contributed by atoms with Gasteiger partial charge in [0.15, 0.2) is 0 Å². The van der Waals surface area contributed by atoms with Crippen LogP contribution in [0.4, 0.5) is 10.1 Å². The molecule has 4 nitrogen and oxygen atoms in total. The number of hydrogen-bond acceptors (Lipinski definition) is 3. The minimum absolute atomic E-state index is 0. The van der Waals surface area contributed by atoms with Crippen molar-refractivity contribution in [1.29, 1.82) is 0 Å². The number of fused-ring (bicyclic) bond motifs is 1. The van der Waals surface area contributed by atoms with Gasteiger partial charge in [0.1, 0.15) is 12.4 Å². The number of benzene rings is 1. The minimum Gasteiger partial charge on any atom is -0.489 e. The van der Waals surface area contributed by atoms with Crippen LogP contribution < -0.4 is 15.4 Å². The molecule has 0 bridgehead atoms. The monoisotopic (exact) mass is 300 g/mol. The van der Waals surface area contributed by atoms with Gasteiger partial charge in [-0.25, -0.2) is 4.39 Å². The van der Waals surface area contributed by atoms with Gasteiger partial charge in [0, 0.05) is 31.1 Å². The van der Waals surface area contributed by atoms with Crippen molar-refractivity contribution in [2.75, 3.05) is 25.1 Å². The molecule has 0 aliphatic carbocycles. The van der Waals surface area contributed by atoms with E-state index in [2.05, 4.69) is 0 Å². The second-order valence-electron chi connectivity index (χ2n) is 4.47. The third-order valence-corrected chi connectivity index (χ3v) is 3.26. The number of nitrogens with zero attached hydrogens (tertiary/aromatic N) is 1. The fraction of sp³-hybridized carbons (Fsp3) is 0.357. The van der Waals surface area contributed by atoms with Gasteiger partial charge < -0.3 is 15.4 Å². The lowest BCUT2D eigenvalue weighted by Crippen LogP contribution is -2.31. The van der Waals surface area contributed by atoms with Crippen molar-refractivity contribution < 1.29 is 13.9 Å². The zero-order valence-electron chi connectivity index (χ0n) is 11.3. The van der Waals surface area contributed by atoms with Crippen molar-refractivity contribution in [1.82, 2.24) is 0 Å². The van der Waals surface area contributed by atoms with Crippen molar-refractivity contribution in [3.8, 4) is 5.75 Å². The van der Waals surface area contributed by atoms with Gasteiger partial charge in [0.2, 0.25) is 5.91 Å². The van der Waals surface area contributed by atoms with Gasteiger partial charge in [0.25, 0.3) is 0 Å². The molecule has 1 amide bonds. The van der Waals surface area contributed by atoms with Gasteiger partial charge in [-0.1, -0.05) is 6.07 Å². The number of amides is 1. The molecule has 0 unspecified atom stereocenters. The molecule has 1 aromatic rings. The van der Waals surface area contributed by atoms with E-state index in [4.69, 9.17) is 10.5 Å². The summed E-state index contributed by atoms with van der Waals surface area (Å²) in [6, 6.07) is 5.54. The van der Waals surface area contributed by atoms with Crippen LogP contribution in [0.25, 0.3) is 0 Å². The number of rotatable bonds is 4. The minimum atomic E-state index is 0. The molecule has 1 aliphatic heterocycles. The maximum absolute atomic E-state index is 12.4. The summed E-state index contributed by atoms with van der Waals surface area (Å²) in [5.74, 6) is 0.778. The van der Waals surface area contributed by atoms with Crippen LogP contribution in [0.15, 0.2) is 30.1 Å². The Bertz CT molecular complexity index is 520. The number of halogens is 2. The molecule has 0 saturated heterocycles. The number of carbonyl (C=O) groups is 1. The molecular formula is C14H18ClFN2O2. The highest BCUT2D eigenvalue weighted by Gasteiger charge is 2.23. The molecule has 0 aromatic heterocycles. The third-order valence-electron chi connectivity index (χ3n) is 3.26. The first kappa shape index (κ1) is 16.5. The maximum Gasteiger partial charge on any atom is 0.227 e. The van der Waals surface area contributed by atoms with E-state index in [1.54, 1.807) is 11.9 Å². The molecule has 0 spiro atoms. The zero-order chi connectivity index (χ0) is 13.8. The van der Waals surface area contributed by atoms with Crippen LogP contribution in [-0.4, -0.2) is 26.1 Å². The summed E-state index contributed by atoms with van der Waals surface area (Å²) in [6.45, 7) is 0.255. The fourth-order valence-electron chi connectivity index (χ4n) is 2.09. The highest BCUT2D eigenvalue weighted by atomic mass is 35.5. The second-order valence-corrected chi connectivity index (χ2v) is 4.47. The highest BCUT2D eigenvalue weighted by Crippen LogP contribution is 2.33. The van der Waals surface area contributed by atoms with Crippen LogP contribution in [-0.2, 0) is 11.2 Å². The van der Waals surface area contributed by atoms with E-state index < -0.39 is 0 Å². The van der Waals surface area contributed by atoms with Gasteiger partial charge in [-0.2, -0.15) is 0 Å². The van der Waals surface area contributed by atoms with Gasteiger partial charge in [-0.3, -0.25) is 4.79 Å². The first-order chi connectivity index (χ1) is 9.17. The van der Waals surface area contributed by atoms with E-state index in [0.717, 1.165) is 11.3 Å². The van der Waals surface area contributed by atoms with Gasteiger partial charge in [-0.05, 0) is 18.6 Å². The van der Waals surface area contributed by atoms with Crippen LogP contribution in [0.1, 0.15) is 12.0 Å². The van der Waals surface area contributed by atoms with Crippen LogP contribution in [0, 0.1) is 0 Å². The Morgan fingerprint density at radius 3 is 2.90 bits per heavy atom. The molecule has 20 heavy (non-hydrogen) atoms. The molecule has 0 radical (unpaired) electrons. The highest BCUT2D eigenvalue weighted by molar-refractivity contribution is 5.96. The number of anilines is 1. The summed E-state index contributed by atoms with van der Waals surface area (Å²) in [6.07, 6.45) is 1.59. The Balaban J connectivity index is 0.00000200. The molecule has 2 N–H and O–H groups in total. The molecule has 0 fully saturated rings. The first-order valence-corrected chi connectivity index (χ1v) is 6.16. The Morgan fingerprint density at radius 1 is 1.50 bits per heavy atom. The van der Waals surface area contributed by atoms with Crippen LogP contribution >= 0.6 is 12.4 Å². The molecule has 1 aliphatic rings. The lowest BCUT2D eigenvalue weighted by molar-refractivity contribution is -0.118. The number of ether oxygens (including phenoxy) is 1. The standard InChI is InChI=1S/C14H17FN2O2.ClH/c1-17-12-3-2-4-13(11(12)5-6-14(17)18)19-9-10(7-15)8-16;/h2-4,7H,5-6,8-9,16H2,1H3;1H/b10-7+;. The normalized spacial score (nSPS) is 14.7. The number of carbonyl (C=O) groups excluding carboxylic acids is 1. The SMILES string of the molecule is CN1C(=O)CCc2c(OC/C(=C/F)CN)cccc21.Cl. The Kier molecular flexibility index (Phi) is 5.98. The van der Waals surface area contributed by atoms with Crippen LogP contribution in [0.2, 0.25) is 0 Å². The molecule has 6 heteroatoms. The molecular weight excluding hydrogens is 283 g/mol. The topological polar surface area (TPSA) is 55.6 Å². The zero-order valence-corrected chi connectivity index (χ0v) is 12.1. The molecule has 0 atom stereocenters. The van der Waals surface area contributed by atoms with Gasteiger partial charge in [0.05, 0.1) is 12.0 Å². The summed E-state index contributed by atoms with van der Waals surface area (Å²) in [4.78, 5) is 13.3. The van der Waals surface area contributed by atoms with E-state index in [-0.39, 0.29) is 31.5 Å². The maximum atomic E-state index is 12.4. The van der Waals surface area contributed by atoms with E-state index >= 15 is 0 Å². The van der Waals surface area contributed by atoms with Crippen LogP contribution in [0.3, 0.4) is 0 Å². The predicted molar refractivity (Wildman–Crippen MR) is 79.2 cm³/mol. The number of hydrogen-bond donors (Lipinski definition) is 1. The smallest absolute Gasteiger partial charge is 0.227 e. The first-order valence-electron chi connectivity index (χ1n) is 6.16. The summed E-state index contributed by atoms with van der Waals surface area (Å²) in [5.41, 5.74) is 7.63. The van der Waals surface area contributed by atoms with E-state index in [1.807, 2.05) is 18.2 Å². The molecule has 2 rings (SSSR count). The van der Waals surface area contributed by atoms with Gasteiger partial charge in [-0.15, -0.1) is 12.4 Å². The summed E-state index contributed by atoms with van der Waals surface area (Å²) in [5, 5.41) is 0. The van der Waals surface area contributed by atoms with Crippen molar-refractivity contribution in [3.63, 3.8) is 0 Å². The second kappa shape index (κ2) is 7.26. The number of nitrogens with two attached hydrogens (primary N) is 1. The van der Waals surface area contributed by atoms with Crippen molar-refractivity contribution >= 4 is 24.0 Å². The molecule has 1 heterocycles. The molecule has 0 saturated carbocycles.